The summed E-state index contributed by atoms with van der Waals surface area (Å²) in [6, 6.07) is 11.0. The highest BCUT2D eigenvalue weighted by Crippen LogP contribution is 2.20. The van der Waals surface area contributed by atoms with E-state index < -0.39 is 17.6 Å². The van der Waals surface area contributed by atoms with Crippen LogP contribution in [-0.4, -0.2) is 20.9 Å². The predicted octanol–water partition coefficient (Wildman–Crippen LogP) is 3.52. The van der Waals surface area contributed by atoms with Gasteiger partial charge in [-0.2, -0.15) is 5.10 Å². The van der Waals surface area contributed by atoms with Crippen molar-refractivity contribution in [1.82, 2.24) is 9.78 Å². The van der Waals surface area contributed by atoms with E-state index in [2.05, 4.69) is 5.10 Å². The van der Waals surface area contributed by atoms with Gasteiger partial charge in [0.2, 0.25) is 0 Å². The lowest BCUT2D eigenvalue weighted by Gasteiger charge is -2.02. The average molecular weight is 300 g/mol. The van der Waals surface area contributed by atoms with E-state index in [-0.39, 0.29) is 11.3 Å². The Hall–Kier alpha value is -3.02. The Morgan fingerprint density at radius 3 is 2.45 bits per heavy atom. The number of hydrogen-bond acceptors (Lipinski definition) is 2. The summed E-state index contributed by atoms with van der Waals surface area (Å²) in [5.41, 5.74) is 1.50. The van der Waals surface area contributed by atoms with Crippen LogP contribution in [-0.2, 0) is 0 Å². The molecule has 0 fully saturated rings. The minimum absolute atomic E-state index is 0.142. The summed E-state index contributed by atoms with van der Waals surface area (Å²) >= 11 is 0. The number of aromatic nitrogens is 2. The molecule has 0 spiro atoms. The van der Waals surface area contributed by atoms with Gasteiger partial charge in [0.1, 0.15) is 11.6 Å². The van der Waals surface area contributed by atoms with Crippen LogP contribution in [0.1, 0.15) is 10.4 Å². The van der Waals surface area contributed by atoms with E-state index >= 15 is 0 Å². The number of nitrogens with zero attached hydrogens (tertiary/aromatic N) is 2. The van der Waals surface area contributed by atoms with Crippen LogP contribution in [0.15, 0.2) is 54.7 Å². The molecule has 2 aromatic carbocycles. The number of carboxylic acid groups (broad SMARTS) is 1. The van der Waals surface area contributed by atoms with Gasteiger partial charge in [-0.1, -0.05) is 12.1 Å². The maximum absolute atomic E-state index is 13.2. The number of rotatable bonds is 3. The van der Waals surface area contributed by atoms with Gasteiger partial charge in [-0.05, 0) is 30.3 Å². The topological polar surface area (TPSA) is 55.1 Å². The standard InChI is InChI=1S/C16H10F2N2O2/c17-12-7-13(18)9-14(8-12)20-5-4-15(19-20)10-2-1-3-11(6-10)16(21)22/h1-9H,(H,21,22). The largest absolute Gasteiger partial charge is 0.478 e. The van der Waals surface area contributed by atoms with Crippen LogP contribution in [0.3, 0.4) is 0 Å². The van der Waals surface area contributed by atoms with Crippen LogP contribution in [0.2, 0.25) is 0 Å². The van der Waals surface area contributed by atoms with Crippen molar-refractivity contribution >= 4 is 5.97 Å². The number of hydrogen-bond donors (Lipinski definition) is 1. The molecule has 0 aliphatic rings. The fourth-order valence-corrected chi connectivity index (χ4v) is 2.10. The SMILES string of the molecule is O=C(O)c1cccc(-c2ccn(-c3cc(F)cc(F)c3)n2)c1. The highest BCUT2D eigenvalue weighted by molar-refractivity contribution is 5.89. The summed E-state index contributed by atoms with van der Waals surface area (Å²) in [6.45, 7) is 0. The highest BCUT2D eigenvalue weighted by atomic mass is 19.1. The molecule has 0 radical (unpaired) electrons. The second-order valence-electron chi connectivity index (χ2n) is 4.66. The fourth-order valence-electron chi connectivity index (χ4n) is 2.10. The van der Waals surface area contributed by atoms with Gasteiger partial charge in [0.15, 0.2) is 0 Å². The van der Waals surface area contributed by atoms with Crippen LogP contribution in [0.5, 0.6) is 0 Å². The Bertz CT molecular complexity index is 839. The van der Waals surface area contributed by atoms with Gasteiger partial charge in [0.05, 0.1) is 16.9 Å². The summed E-state index contributed by atoms with van der Waals surface area (Å²) in [4.78, 5) is 11.0. The molecule has 0 saturated carbocycles. The van der Waals surface area contributed by atoms with E-state index in [4.69, 9.17) is 5.11 Å². The molecule has 0 amide bonds. The van der Waals surface area contributed by atoms with E-state index in [1.54, 1.807) is 24.4 Å². The number of halogens is 2. The van der Waals surface area contributed by atoms with Gasteiger partial charge in [0.25, 0.3) is 0 Å². The monoisotopic (exact) mass is 300 g/mol. The second kappa shape index (κ2) is 5.40. The summed E-state index contributed by atoms with van der Waals surface area (Å²) in [5, 5.41) is 13.2. The van der Waals surface area contributed by atoms with Crippen molar-refractivity contribution in [2.75, 3.05) is 0 Å². The molecule has 3 aromatic rings. The Morgan fingerprint density at radius 1 is 1.05 bits per heavy atom. The molecule has 22 heavy (non-hydrogen) atoms. The van der Waals surface area contributed by atoms with Crippen LogP contribution in [0, 0.1) is 11.6 Å². The van der Waals surface area contributed by atoms with Crippen molar-refractivity contribution in [3.8, 4) is 16.9 Å². The predicted molar refractivity (Wildman–Crippen MR) is 75.9 cm³/mol. The molecule has 1 aromatic heterocycles. The molecule has 1 N–H and O–H groups in total. The van der Waals surface area contributed by atoms with E-state index in [0.29, 0.717) is 11.3 Å². The molecule has 0 saturated heterocycles. The molecule has 0 aliphatic carbocycles. The molecule has 110 valence electrons. The summed E-state index contributed by atoms with van der Waals surface area (Å²) < 4.78 is 27.8. The van der Waals surface area contributed by atoms with Crippen LogP contribution in [0.25, 0.3) is 16.9 Å². The Labute approximate surface area is 124 Å². The van der Waals surface area contributed by atoms with Crippen molar-refractivity contribution in [2.45, 2.75) is 0 Å². The summed E-state index contributed by atoms with van der Waals surface area (Å²) in [6.07, 6.45) is 1.55. The molecule has 0 atom stereocenters. The first-order chi connectivity index (χ1) is 10.5. The summed E-state index contributed by atoms with van der Waals surface area (Å²) in [7, 11) is 0. The molecule has 0 unspecified atom stereocenters. The zero-order valence-corrected chi connectivity index (χ0v) is 11.2. The van der Waals surface area contributed by atoms with Crippen LogP contribution >= 0.6 is 0 Å². The van der Waals surface area contributed by atoms with Crippen molar-refractivity contribution in [3.05, 3.63) is 71.9 Å². The first-order valence-corrected chi connectivity index (χ1v) is 6.39. The molecule has 6 heteroatoms. The minimum Gasteiger partial charge on any atom is -0.478 e. The third-order valence-electron chi connectivity index (χ3n) is 3.11. The number of carboxylic acids is 1. The van der Waals surface area contributed by atoms with Gasteiger partial charge in [-0.15, -0.1) is 0 Å². The van der Waals surface area contributed by atoms with E-state index in [0.717, 1.165) is 18.2 Å². The molecule has 0 bridgehead atoms. The van der Waals surface area contributed by atoms with Crippen LogP contribution < -0.4 is 0 Å². The van der Waals surface area contributed by atoms with E-state index in [9.17, 15) is 13.6 Å². The average Bonchev–Trinajstić information content (AvgIpc) is 2.96. The lowest BCUT2D eigenvalue weighted by molar-refractivity contribution is 0.0697. The smallest absolute Gasteiger partial charge is 0.335 e. The van der Waals surface area contributed by atoms with Crippen molar-refractivity contribution in [1.29, 1.82) is 0 Å². The first kappa shape index (κ1) is 13.9. The van der Waals surface area contributed by atoms with Crippen molar-refractivity contribution in [2.24, 2.45) is 0 Å². The zero-order chi connectivity index (χ0) is 15.7. The summed E-state index contributed by atoms with van der Waals surface area (Å²) in [5.74, 6) is -2.42. The maximum Gasteiger partial charge on any atom is 0.335 e. The second-order valence-corrected chi connectivity index (χ2v) is 4.66. The zero-order valence-electron chi connectivity index (χ0n) is 11.2. The molecular weight excluding hydrogens is 290 g/mol. The third-order valence-corrected chi connectivity index (χ3v) is 3.11. The highest BCUT2D eigenvalue weighted by Gasteiger charge is 2.09. The lowest BCUT2D eigenvalue weighted by atomic mass is 10.1. The van der Waals surface area contributed by atoms with Gasteiger partial charge < -0.3 is 5.11 Å². The first-order valence-electron chi connectivity index (χ1n) is 6.39. The quantitative estimate of drug-likeness (QED) is 0.805. The van der Waals surface area contributed by atoms with E-state index in [1.165, 1.54) is 16.8 Å². The molecule has 4 nitrogen and oxygen atoms in total. The van der Waals surface area contributed by atoms with Gasteiger partial charge in [-0.25, -0.2) is 18.3 Å². The lowest BCUT2D eigenvalue weighted by Crippen LogP contribution is -1.98. The Morgan fingerprint density at radius 2 is 1.77 bits per heavy atom. The number of benzene rings is 2. The number of carbonyl (C=O) groups is 1. The minimum atomic E-state index is -1.03. The van der Waals surface area contributed by atoms with Crippen molar-refractivity contribution in [3.63, 3.8) is 0 Å². The van der Waals surface area contributed by atoms with Gasteiger partial charge in [-0.3, -0.25) is 0 Å². The maximum atomic E-state index is 13.2. The molecule has 0 aliphatic heterocycles. The molecule has 3 rings (SSSR count). The Kier molecular flexibility index (Phi) is 3.42. The van der Waals surface area contributed by atoms with Gasteiger partial charge in [0, 0.05) is 17.8 Å². The third kappa shape index (κ3) is 2.71. The normalized spacial score (nSPS) is 10.6. The fraction of sp³-hybridized carbons (Fsp3) is 0. The molecule has 1 heterocycles. The number of aromatic carboxylic acids is 1. The van der Waals surface area contributed by atoms with Gasteiger partial charge >= 0.3 is 5.97 Å². The Balaban J connectivity index is 2.00. The van der Waals surface area contributed by atoms with Crippen LogP contribution in [0.4, 0.5) is 8.78 Å². The molecular formula is C16H10F2N2O2. The van der Waals surface area contributed by atoms with Crippen molar-refractivity contribution < 1.29 is 18.7 Å². The van der Waals surface area contributed by atoms with E-state index in [1.807, 2.05) is 0 Å².